The lowest BCUT2D eigenvalue weighted by atomic mass is 10.1. The minimum absolute atomic E-state index is 0.215. The third kappa shape index (κ3) is 2.07. The van der Waals surface area contributed by atoms with Crippen molar-refractivity contribution in [2.45, 2.75) is 5.38 Å². The average Bonchev–Trinajstić information content (AvgIpc) is 2.92. The standard InChI is InChI=1S/C12H8Cl2N2OS/c13-10-4-3-9(18-10)11(14)6-1-2-7-8(5-6)16-12(17)15-7/h1-5,11H,(H2,15,16,17). The summed E-state index contributed by atoms with van der Waals surface area (Å²) in [6.45, 7) is 0. The number of alkyl halides is 1. The Balaban J connectivity index is 2.05. The fourth-order valence-electron chi connectivity index (χ4n) is 1.84. The van der Waals surface area contributed by atoms with Crippen LogP contribution in [0.1, 0.15) is 15.8 Å². The number of aromatic nitrogens is 2. The van der Waals surface area contributed by atoms with Gasteiger partial charge in [-0.1, -0.05) is 17.7 Å². The molecule has 2 N–H and O–H groups in total. The van der Waals surface area contributed by atoms with Crippen molar-refractivity contribution in [3.8, 4) is 0 Å². The van der Waals surface area contributed by atoms with Crippen LogP contribution in [0.5, 0.6) is 0 Å². The molecule has 18 heavy (non-hydrogen) atoms. The third-order valence-electron chi connectivity index (χ3n) is 2.68. The molecule has 0 saturated heterocycles. The number of hydrogen-bond donors (Lipinski definition) is 2. The average molecular weight is 299 g/mol. The summed E-state index contributed by atoms with van der Waals surface area (Å²) in [6.07, 6.45) is 0. The summed E-state index contributed by atoms with van der Waals surface area (Å²) in [4.78, 5) is 17.6. The Hall–Kier alpha value is -1.23. The largest absolute Gasteiger partial charge is 0.323 e. The van der Waals surface area contributed by atoms with Crippen LogP contribution in [0.3, 0.4) is 0 Å². The first-order valence-corrected chi connectivity index (χ1v) is 6.88. The number of H-pyrrole nitrogens is 2. The van der Waals surface area contributed by atoms with Crippen LogP contribution in [-0.2, 0) is 0 Å². The summed E-state index contributed by atoms with van der Waals surface area (Å²) in [5, 5.41) is -0.259. The molecule has 1 atom stereocenters. The van der Waals surface area contributed by atoms with Crippen LogP contribution in [0.25, 0.3) is 11.0 Å². The monoisotopic (exact) mass is 298 g/mol. The van der Waals surface area contributed by atoms with E-state index in [1.54, 1.807) is 0 Å². The summed E-state index contributed by atoms with van der Waals surface area (Å²) in [7, 11) is 0. The van der Waals surface area contributed by atoms with Crippen LogP contribution in [0, 0.1) is 0 Å². The normalized spacial score (nSPS) is 13.0. The van der Waals surface area contributed by atoms with Gasteiger partial charge in [0.1, 0.15) is 0 Å². The smallest absolute Gasteiger partial charge is 0.306 e. The Bertz CT molecular complexity index is 759. The predicted octanol–water partition coefficient (Wildman–Crippen LogP) is 3.90. The first kappa shape index (κ1) is 11.8. The minimum atomic E-state index is -0.259. The Labute approximate surface area is 116 Å². The highest BCUT2D eigenvalue weighted by atomic mass is 35.5. The van der Waals surface area contributed by atoms with E-state index in [2.05, 4.69) is 9.97 Å². The molecule has 0 bridgehead atoms. The van der Waals surface area contributed by atoms with Crippen molar-refractivity contribution in [3.63, 3.8) is 0 Å². The van der Waals surface area contributed by atoms with Crippen molar-refractivity contribution in [1.82, 2.24) is 9.97 Å². The van der Waals surface area contributed by atoms with E-state index in [1.807, 2.05) is 30.3 Å². The van der Waals surface area contributed by atoms with E-state index >= 15 is 0 Å². The van der Waals surface area contributed by atoms with Gasteiger partial charge < -0.3 is 9.97 Å². The minimum Gasteiger partial charge on any atom is -0.306 e. The van der Waals surface area contributed by atoms with Gasteiger partial charge in [0.05, 0.1) is 20.7 Å². The molecule has 0 saturated carbocycles. The molecule has 92 valence electrons. The molecule has 0 aliphatic rings. The summed E-state index contributed by atoms with van der Waals surface area (Å²) < 4.78 is 0.715. The van der Waals surface area contributed by atoms with Gasteiger partial charge in [0.25, 0.3) is 0 Å². The fourth-order valence-corrected chi connectivity index (χ4v) is 3.25. The van der Waals surface area contributed by atoms with Crippen molar-refractivity contribution in [1.29, 1.82) is 0 Å². The molecule has 2 heterocycles. The van der Waals surface area contributed by atoms with Gasteiger partial charge in [-0.05, 0) is 29.8 Å². The van der Waals surface area contributed by atoms with Crippen molar-refractivity contribution in [2.24, 2.45) is 0 Å². The molecule has 0 spiro atoms. The summed E-state index contributed by atoms with van der Waals surface area (Å²) in [6, 6.07) is 9.35. The van der Waals surface area contributed by atoms with Crippen LogP contribution in [0.2, 0.25) is 4.34 Å². The Kier molecular flexibility index (Phi) is 2.93. The Morgan fingerprint density at radius 1 is 1.11 bits per heavy atom. The molecule has 0 amide bonds. The molecule has 1 unspecified atom stereocenters. The molecule has 6 heteroatoms. The lowest BCUT2D eigenvalue weighted by Gasteiger charge is -2.07. The van der Waals surface area contributed by atoms with Crippen molar-refractivity contribution >= 4 is 45.6 Å². The maximum absolute atomic E-state index is 11.2. The second kappa shape index (κ2) is 4.46. The number of rotatable bonds is 2. The van der Waals surface area contributed by atoms with Crippen LogP contribution in [-0.4, -0.2) is 9.97 Å². The van der Waals surface area contributed by atoms with E-state index < -0.39 is 0 Å². The quantitative estimate of drug-likeness (QED) is 0.693. The second-order valence-electron chi connectivity index (χ2n) is 3.89. The van der Waals surface area contributed by atoms with E-state index in [9.17, 15) is 4.79 Å². The van der Waals surface area contributed by atoms with E-state index in [0.717, 1.165) is 21.5 Å². The molecule has 0 radical (unpaired) electrons. The van der Waals surface area contributed by atoms with E-state index in [4.69, 9.17) is 23.2 Å². The first-order valence-electron chi connectivity index (χ1n) is 5.25. The number of imidazole rings is 1. The molecule has 2 aromatic heterocycles. The number of halogens is 2. The SMILES string of the molecule is O=c1[nH]c2ccc(C(Cl)c3ccc(Cl)s3)cc2[nH]1. The highest BCUT2D eigenvalue weighted by Crippen LogP contribution is 2.35. The van der Waals surface area contributed by atoms with E-state index in [-0.39, 0.29) is 11.1 Å². The predicted molar refractivity (Wildman–Crippen MR) is 75.9 cm³/mol. The lowest BCUT2D eigenvalue weighted by Crippen LogP contribution is -1.99. The zero-order valence-corrected chi connectivity index (χ0v) is 11.4. The number of benzene rings is 1. The lowest BCUT2D eigenvalue weighted by molar-refractivity contribution is 1.19. The zero-order chi connectivity index (χ0) is 12.7. The summed E-state index contributed by atoms with van der Waals surface area (Å²) in [5.41, 5.74) is 2.24. The topological polar surface area (TPSA) is 48.6 Å². The molecular formula is C12H8Cl2N2OS. The number of fused-ring (bicyclic) bond motifs is 1. The van der Waals surface area contributed by atoms with Crippen molar-refractivity contribution in [2.75, 3.05) is 0 Å². The number of nitrogens with one attached hydrogen (secondary N) is 2. The van der Waals surface area contributed by atoms with Gasteiger partial charge in [-0.25, -0.2) is 4.79 Å². The highest BCUT2D eigenvalue weighted by Gasteiger charge is 2.14. The molecule has 0 aliphatic carbocycles. The van der Waals surface area contributed by atoms with Crippen LogP contribution < -0.4 is 5.69 Å². The molecule has 1 aromatic carbocycles. The van der Waals surface area contributed by atoms with Crippen molar-refractivity contribution in [3.05, 3.63) is 55.6 Å². The van der Waals surface area contributed by atoms with Gasteiger partial charge in [0, 0.05) is 4.88 Å². The fraction of sp³-hybridized carbons (Fsp3) is 0.0833. The van der Waals surface area contributed by atoms with Gasteiger partial charge in [0.15, 0.2) is 0 Å². The van der Waals surface area contributed by atoms with Gasteiger partial charge in [-0.2, -0.15) is 0 Å². The first-order chi connectivity index (χ1) is 8.63. The Morgan fingerprint density at radius 2 is 1.89 bits per heavy atom. The molecule has 0 fully saturated rings. The van der Waals surface area contributed by atoms with Gasteiger partial charge in [-0.15, -0.1) is 22.9 Å². The van der Waals surface area contributed by atoms with Crippen LogP contribution >= 0.6 is 34.5 Å². The molecule has 3 rings (SSSR count). The summed E-state index contributed by atoms with van der Waals surface area (Å²) >= 11 is 13.8. The van der Waals surface area contributed by atoms with Crippen LogP contribution in [0.15, 0.2) is 35.1 Å². The van der Waals surface area contributed by atoms with Crippen molar-refractivity contribution < 1.29 is 0 Å². The molecule has 3 nitrogen and oxygen atoms in total. The highest BCUT2D eigenvalue weighted by molar-refractivity contribution is 7.16. The third-order valence-corrected chi connectivity index (χ3v) is 4.59. The molecule has 0 aliphatic heterocycles. The second-order valence-corrected chi connectivity index (χ2v) is 6.07. The summed E-state index contributed by atoms with van der Waals surface area (Å²) in [5.74, 6) is 0. The van der Waals surface area contributed by atoms with E-state index in [1.165, 1.54) is 11.3 Å². The molecule has 3 aromatic rings. The number of hydrogen-bond acceptors (Lipinski definition) is 2. The van der Waals surface area contributed by atoms with Gasteiger partial charge in [-0.3, -0.25) is 0 Å². The number of aromatic amines is 2. The van der Waals surface area contributed by atoms with Crippen LogP contribution in [0.4, 0.5) is 0 Å². The number of thiophene rings is 1. The van der Waals surface area contributed by atoms with Gasteiger partial charge in [0.2, 0.25) is 0 Å². The maximum Gasteiger partial charge on any atom is 0.323 e. The van der Waals surface area contributed by atoms with E-state index in [0.29, 0.717) is 4.34 Å². The Morgan fingerprint density at radius 3 is 2.61 bits per heavy atom. The molecular weight excluding hydrogens is 291 g/mol. The van der Waals surface area contributed by atoms with Gasteiger partial charge >= 0.3 is 5.69 Å². The zero-order valence-electron chi connectivity index (χ0n) is 9.04. The maximum atomic E-state index is 11.2.